The fraction of sp³-hybridized carbons (Fsp3) is 0.444. The van der Waals surface area contributed by atoms with Crippen LogP contribution in [0.1, 0.15) is 23.3 Å². The van der Waals surface area contributed by atoms with E-state index in [1.807, 2.05) is 0 Å². The number of aliphatic carboxylic acids is 1. The number of hydrogen-bond acceptors (Lipinski definition) is 4. The molecular formula is C9H10N2O3S. The summed E-state index contributed by atoms with van der Waals surface area (Å²) in [6, 6.07) is -0.681. The highest BCUT2D eigenvalue weighted by Crippen LogP contribution is 2.20. The molecule has 1 aliphatic rings. The van der Waals surface area contributed by atoms with Crippen LogP contribution < -0.4 is 0 Å². The zero-order valence-corrected chi connectivity index (χ0v) is 8.74. The Morgan fingerprint density at radius 3 is 3.00 bits per heavy atom. The van der Waals surface area contributed by atoms with E-state index in [1.54, 1.807) is 10.9 Å². The normalized spacial score (nSPS) is 20.5. The van der Waals surface area contributed by atoms with Crippen molar-refractivity contribution in [2.75, 3.05) is 6.54 Å². The molecule has 0 spiro atoms. The number of aromatic nitrogens is 1. The molecule has 1 fully saturated rings. The van der Waals surface area contributed by atoms with Crippen LogP contribution in [0.3, 0.4) is 0 Å². The number of likely N-dealkylation sites (tertiary alicyclic amines) is 1. The Bertz CT molecular complexity index is 377. The van der Waals surface area contributed by atoms with Gasteiger partial charge < -0.3 is 10.0 Å². The first-order valence-electron chi connectivity index (χ1n) is 4.62. The molecule has 0 saturated carbocycles. The summed E-state index contributed by atoms with van der Waals surface area (Å²) in [5.41, 5.74) is 1.91. The van der Waals surface area contributed by atoms with Gasteiger partial charge in [-0.3, -0.25) is 4.79 Å². The van der Waals surface area contributed by atoms with E-state index in [1.165, 1.54) is 16.2 Å². The maximum absolute atomic E-state index is 11.8. The number of thiazole rings is 1. The molecule has 0 aliphatic carbocycles. The summed E-state index contributed by atoms with van der Waals surface area (Å²) in [6.45, 7) is 0.507. The molecule has 1 N–H and O–H groups in total. The van der Waals surface area contributed by atoms with Crippen molar-refractivity contribution >= 4 is 23.2 Å². The van der Waals surface area contributed by atoms with E-state index in [2.05, 4.69) is 4.98 Å². The second kappa shape index (κ2) is 3.98. The number of carboxylic acids is 1. The Morgan fingerprint density at radius 1 is 1.60 bits per heavy atom. The third-order valence-corrected chi connectivity index (χ3v) is 3.04. The van der Waals surface area contributed by atoms with Crippen molar-refractivity contribution in [1.82, 2.24) is 9.88 Å². The highest BCUT2D eigenvalue weighted by atomic mass is 32.1. The lowest BCUT2D eigenvalue weighted by atomic mass is 10.2. The molecule has 80 valence electrons. The van der Waals surface area contributed by atoms with Crippen molar-refractivity contribution in [2.45, 2.75) is 18.9 Å². The van der Waals surface area contributed by atoms with E-state index in [0.717, 1.165) is 6.42 Å². The predicted molar refractivity (Wildman–Crippen MR) is 53.8 cm³/mol. The van der Waals surface area contributed by atoms with E-state index in [0.29, 0.717) is 18.7 Å². The minimum absolute atomic E-state index is 0.277. The minimum atomic E-state index is -0.934. The van der Waals surface area contributed by atoms with Gasteiger partial charge in [0.05, 0.1) is 5.51 Å². The number of hydrogen-bond donors (Lipinski definition) is 1. The molecule has 2 rings (SSSR count). The number of carbonyl (C=O) groups is 2. The van der Waals surface area contributed by atoms with Gasteiger partial charge in [0.25, 0.3) is 5.91 Å². The second-order valence-electron chi connectivity index (χ2n) is 3.37. The standard InChI is InChI=1S/C9H10N2O3S/c12-8(6-4-15-5-10-6)11-3-1-2-7(11)9(13)14/h4-5,7H,1-3H2,(H,13,14). The lowest BCUT2D eigenvalue weighted by molar-refractivity contribution is -0.141. The lowest BCUT2D eigenvalue weighted by Gasteiger charge is -2.19. The molecule has 1 unspecified atom stereocenters. The van der Waals surface area contributed by atoms with Gasteiger partial charge in [0.1, 0.15) is 11.7 Å². The van der Waals surface area contributed by atoms with Crippen LogP contribution in [0.2, 0.25) is 0 Å². The van der Waals surface area contributed by atoms with Gasteiger partial charge in [-0.2, -0.15) is 0 Å². The Hall–Kier alpha value is -1.43. The molecule has 1 saturated heterocycles. The van der Waals surface area contributed by atoms with Crippen LogP contribution in [0.15, 0.2) is 10.9 Å². The average Bonchev–Trinajstić information content (AvgIpc) is 2.88. The molecular weight excluding hydrogens is 216 g/mol. The van der Waals surface area contributed by atoms with E-state index < -0.39 is 12.0 Å². The first kappa shape index (κ1) is 10.1. The number of carbonyl (C=O) groups excluding carboxylic acids is 1. The molecule has 5 nitrogen and oxygen atoms in total. The van der Waals surface area contributed by atoms with Crippen LogP contribution >= 0.6 is 11.3 Å². The molecule has 1 aliphatic heterocycles. The molecule has 0 radical (unpaired) electrons. The van der Waals surface area contributed by atoms with Crippen LogP contribution in [0.5, 0.6) is 0 Å². The van der Waals surface area contributed by atoms with Crippen molar-refractivity contribution in [1.29, 1.82) is 0 Å². The maximum Gasteiger partial charge on any atom is 0.326 e. The largest absolute Gasteiger partial charge is 0.480 e. The molecule has 0 aromatic carbocycles. The summed E-state index contributed by atoms with van der Waals surface area (Å²) in [6.07, 6.45) is 1.28. The number of amides is 1. The molecule has 1 aromatic heterocycles. The third-order valence-electron chi connectivity index (χ3n) is 2.45. The number of carboxylic acid groups (broad SMARTS) is 1. The smallest absolute Gasteiger partial charge is 0.326 e. The monoisotopic (exact) mass is 226 g/mol. The van der Waals surface area contributed by atoms with Crippen molar-refractivity contribution in [3.05, 3.63) is 16.6 Å². The fourth-order valence-electron chi connectivity index (χ4n) is 1.73. The summed E-state index contributed by atoms with van der Waals surface area (Å²) in [7, 11) is 0. The summed E-state index contributed by atoms with van der Waals surface area (Å²) in [5, 5.41) is 10.6. The lowest BCUT2D eigenvalue weighted by Crippen LogP contribution is -2.40. The predicted octanol–water partition coefficient (Wildman–Crippen LogP) is 0.832. The van der Waals surface area contributed by atoms with E-state index >= 15 is 0 Å². The van der Waals surface area contributed by atoms with Crippen molar-refractivity contribution < 1.29 is 14.7 Å². The summed E-state index contributed by atoms with van der Waals surface area (Å²) < 4.78 is 0. The van der Waals surface area contributed by atoms with Gasteiger partial charge >= 0.3 is 5.97 Å². The quantitative estimate of drug-likeness (QED) is 0.811. The zero-order chi connectivity index (χ0) is 10.8. The van der Waals surface area contributed by atoms with Gasteiger partial charge in [-0.25, -0.2) is 9.78 Å². The molecule has 15 heavy (non-hydrogen) atoms. The second-order valence-corrected chi connectivity index (χ2v) is 4.09. The molecule has 1 atom stereocenters. The van der Waals surface area contributed by atoms with Crippen molar-refractivity contribution in [3.8, 4) is 0 Å². The fourth-order valence-corrected chi connectivity index (χ4v) is 2.26. The first-order valence-corrected chi connectivity index (χ1v) is 5.56. The third kappa shape index (κ3) is 1.85. The number of rotatable bonds is 2. The van der Waals surface area contributed by atoms with Crippen molar-refractivity contribution in [3.63, 3.8) is 0 Å². The van der Waals surface area contributed by atoms with Gasteiger partial charge in [0.15, 0.2) is 0 Å². The van der Waals surface area contributed by atoms with Gasteiger partial charge in [-0.05, 0) is 12.8 Å². The average molecular weight is 226 g/mol. The summed E-state index contributed by atoms with van der Waals surface area (Å²) in [4.78, 5) is 28.0. The highest BCUT2D eigenvalue weighted by Gasteiger charge is 2.34. The Kier molecular flexibility index (Phi) is 2.68. The summed E-state index contributed by atoms with van der Waals surface area (Å²) >= 11 is 1.33. The molecule has 0 bridgehead atoms. The molecule has 1 aromatic rings. The highest BCUT2D eigenvalue weighted by molar-refractivity contribution is 7.07. The van der Waals surface area contributed by atoms with Crippen LogP contribution in [0.4, 0.5) is 0 Å². The number of nitrogens with zero attached hydrogens (tertiary/aromatic N) is 2. The van der Waals surface area contributed by atoms with E-state index in [9.17, 15) is 9.59 Å². The maximum atomic E-state index is 11.8. The van der Waals surface area contributed by atoms with Crippen LogP contribution in [-0.2, 0) is 4.79 Å². The van der Waals surface area contributed by atoms with E-state index in [4.69, 9.17) is 5.11 Å². The molecule has 2 heterocycles. The zero-order valence-electron chi connectivity index (χ0n) is 7.92. The Morgan fingerprint density at radius 2 is 2.40 bits per heavy atom. The van der Waals surface area contributed by atoms with Gasteiger partial charge in [0, 0.05) is 11.9 Å². The van der Waals surface area contributed by atoms with Crippen LogP contribution in [0, 0.1) is 0 Å². The van der Waals surface area contributed by atoms with E-state index in [-0.39, 0.29) is 5.91 Å². The minimum Gasteiger partial charge on any atom is -0.480 e. The SMILES string of the molecule is O=C(O)C1CCCN1C(=O)c1cscn1. The van der Waals surface area contributed by atoms with Gasteiger partial charge in [0.2, 0.25) is 0 Å². The van der Waals surface area contributed by atoms with Crippen molar-refractivity contribution in [2.24, 2.45) is 0 Å². The first-order chi connectivity index (χ1) is 7.20. The van der Waals surface area contributed by atoms with Gasteiger partial charge in [-0.1, -0.05) is 0 Å². The topological polar surface area (TPSA) is 70.5 Å². The van der Waals surface area contributed by atoms with Crippen LogP contribution in [0.25, 0.3) is 0 Å². The molecule has 1 amide bonds. The molecule has 6 heteroatoms. The van der Waals surface area contributed by atoms with Crippen LogP contribution in [-0.4, -0.2) is 39.5 Å². The Balaban J connectivity index is 2.17. The Labute approximate surface area is 90.4 Å². The summed E-state index contributed by atoms with van der Waals surface area (Å²) in [5.74, 6) is -1.21. The van der Waals surface area contributed by atoms with Gasteiger partial charge in [-0.15, -0.1) is 11.3 Å².